The fourth-order valence-corrected chi connectivity index (χ4v) is 3.45. The number of halogens is 3. The van der Waals surface area contributed by atoms with E-state index in [0.29, 0.717) is 16.9 Å². The molecular formula is C24H17F3N2O2. The first-order chi connectivity index (χ1) is 14.8. The van der Waals surface area contributed by atoms with Crippen molar-refractivity contribution in [1.82, 2.24) is 9.78 Å². The molecule has 4 aromatic rings. The maximum Gasteiger partial charge on any atom is 0.416 e. The lowest BCUT2D eigenvalue weighted by Crippen LogP contribution is -2.04. The summed E-state index contributed by atoms with van der Waals surface area (Å²) in [7, 11) is 0. The summed E-state index contributed by atoms with van der Waals surface area (Å²) in [5.74, 6) is -1.22. The molecule has 0 saturated carbocycles. The van der Waals surface area contributed by atoms with Crippen molar-refractivity contribution in [3.8, 4) is 28.2 Å². The molecule has 0 bridgehead atoms. The monoisotopic (exact) mass is 422 g/mol. The predicted molar refractivity (Wildman–Crippen MR) is 111 cm³/mol. The number of carboxylic acids is 1. The summed E-state index contributed by atoms with van der Waals surface area (Å²) < 4.78 is 40.4. The topological polar surface area (TPSA) is 55.1 Å². The number of carbonyl (C=O) groups is 1. The van der Waals surface area contributed by atoms with Crippen molar-refractivity contribution < 1.29 is 23.1 Å². The SMILES string of the molecule is Cc1cccc(-n2nc(-c3ccc(C(F)(F)F)cc3)c(C(=O)O)c2-c2ccccc2)c1. The number of carboxylic acid groups (broad SMARTS) is 1. The van der Waals surface area contributed by atoms with Crippen LogP contribution in [0.4, 0.5) is 13.2 Å². The molecule has 0 aliphatic rings. The van der Waals surface area contributed by atoms with E-state index in [-0.39, 0.29) is 16.8 Å². The van der Waals surface area contributed by atoms with Crippen LogP contribution in [0.1, 0.15) is 21.5 Å². The Labute approximate surface area is 176 Å². The van der Waals surface area contributed by atoms with E-state index in [0.717, 1.165) is 17.7 Å². The van der Waals surface area contributed by atoms with Crippen LogP contribution in [-0.2, 0) is 6.18 Å². The fraction of sp³-hybridized carbons (Fsp3) is 0.0833. The minimum Gasteiger partial charge on any atom is -0.478 e. The number of benzene rings is 3. The minimum atomic E-state index is -4.48. The Bertz CT molecular complexity index is 1240. The summed E-state index contributed by atoms with van der Waals surface area (Å²) in [4.78, 5) is 12.3. The van der Waals surface area contributed by atoms with E-state index < -0.39 is 17.7 Å². The predicted octanol–water partition coefficient (Wildman–Crippen LogP) is 6.23. The average Bonchev–Trinajstić information content (AvgIpc) is 3.15. The lowest BCUT2D eigenvalue weighted by Gasteiger charge is -2.09. The van der Waals surface area contributed by atoms with E-state index in [9.17, 15) is 23.1 Å². The van der Waals surface area contributed by atoms with Gasteiger partial charge in [-0.2, -0.15) is 18.3 Å². The van der Waals surface area contributed by atoms with E-state index in [1.165, 1.54) is 16.8 Å². The van der Waals surface area contributed by atoms with Gasteiger partial charge in [-0.05, 0) is 36.8 Å². The molecule has 0 atom stereocenters. The van der Waals surface area contributed by atoms with Crippen LogP contribution in [0.15, 0.2) is 78.9 Å². The number of hydrogen-bond acceptors (Lipinski definition) is 2. The van der Waals surface area contributed by atoms with Crippen molar-refractivity contribution in [3.63, 3.8) is 0 Å². The molecule has 1 aromatic heterocycles. The van der Waals surface area contributed by atoms with Gasteiger partial charge in [-0.15, -0.1) is 0 Å². The van der Waals surface area contributed by atoms with E-state index in [4.69, 9.17) is 0 Å². The van der Waals surface area contributed by atoms with Crippen LogP contribution in [-0.4, -0.2) is 20.9 Å². The van der Waals surface area contributed by atoms with Gasteiger partial charge in [-0.25, -0.2) is 9.48 Å². The van der Waals surface area contributed by atoms with Gasteiger partial charge in [0.2, 0.25) is 0 Å². The Morgan fingerprint density at radius 3 is 2.16 bits per heavy atom. The quantitative estimate of drug-likeness (QED) is 0.424. The Morgan fingerprint density at radius 2 is 1.58 bits per heavy atom. The van der Waals surface area contributed by atoms with Crippen LogP contribution < -0.4 is 0 Å². The van der Waals surface area contributed by atoms with Gasteiger partial charge in [0.25, 0.3) is 0 Å². The standard InChI is InChI=1S/C24H17F3N2O2/c1-15-6-5-9-19(14-15)29-22(17-7-3-2-4-8-17)20(23(30)31)21(28-29)16-10-12-18(13-11-16)24(25,26)27/h2-14H,1H3,(H,30,31). The summed E-state index contributed by atoms with van der Waals surface area (Å²) in [5.41, 5.74) is 2.10. The number of aromatic carboxylic acids is 1. The Hall–Kier alpha value is -3.87. The normalized spacial score (nSPS) is 11.5. The smallest absolute Gasteiger partial charge is 0.416 e. The molecule has 3 aromatic carbocycles. The van der Waals surface area contributed by atoms with Crippen LogP contribution in [0.2, 0.25) is 0 Å². The molecule has 0 radical (unpaired) electrons. The molecule has 0 aliphatic carbocycles. The van der Waals surface area contributed by atoms with Gasteiger partial charge in [0.1, 0.15) is 11.3 Å². The maximum absolute atomic E-state index is 13.0. The first kappa shape index (κ1) is 20.4. The third-order valence-electron chi connectivity index (χ3n) is 4.88. The molecule has 7 heteroatoms. The van der Waals surface area contributed by atoms with Crippen molar-refractivity contribution in [1.29, 1.82) is 0 Å². The number of rotatable bonds is 4. The largest absolute Gasteiger partial charge is 0.478 e. The van der Waals surface area contributed by atoms with E-state index in [1.54, 1.807) is 30.3 Å². The first-order valence-electron chi connectivity index (χ1n) is 9.42. The Morgan fingerprint density at radius 1 is 0.903 bits per heavy atom. The van der Waals surface area contributed by atoms with Crippen molar-refractivity contribution >= 4 is 5.97 Å². The summed E-state index contributed by atoms with van der Waals surface area (Å²) in [6.45, 7) is 1.91. The number of aromatic nitrogens is 2. The van der Waals surface area contributed by atoms with Crippen LogP contribution >= 0.6 is 0 Å². The first-order valence-corrected chi connectivity index (χ1v) is 9.42. The molecule has 4 nitrogen and oxygen atoms in total. The molecule has 31 heavy (non-hydrogen) atoms. The zero-order valence-corrected chi connectivity index (χ0v) is 16.4. The average molecular weight is 422 g/mol. The van der Waals surface area contributed by atoms with Gasteiger partial charge >= 0.3 is 12.1 Å². The van der Waals surface area contributed by atoms with Gasteiger partial charge in [-0.1, -0.05) is 54.6 Å². The van der Waals surface area contributed by atoms with Crippen LogP contribution in [0, 0.1) is 6.92 Å². The second-order valence-corrected chi connectivity index (χ2v) is 7.07. The van der Waals surface area contributed by atoms with Gasteiger partial charge in [0, 0.05) is 11.1 Å². The van der Waals surface area contributed by atoms with Crippen molar-refractivity contribution in [2.45, 2.75) is 13.1 Å². The van der Waals surface area contributed by atoms with Crippen molar-refractivity contribution in [3.05, 3.63) is 95.6 Å². The molecule has 0 unspecified atom stereocenters. The molecule has 0 saturated heterocycles. The minimum absolute atomic E-state index is 0.0764. The van der Waals surface area contributed by atoms with E-state index in [1.807, 2.05) is 31.2 Å². The number of hydrogen-bond donors (Lipinski definition) is 1. The van der Waals surface area contributed by atoms with E-state index >= 15 is 0 Å². The molecule has 4 rings (SSSR count). The summed E-state index contributed by atoms with van der Waals surface area (Å²) in [6.07, 6.45) is -4.48. The van der Waals surface area contributed by atoms with Crippen LogP contribution in [0.25, 0.3) is 28.2 Å². The van der Waals surface area contributed by atoms with E-state index in [2.05, 4.69) is 5.10 Å². The molecule has 0 spiro atoms. The van der Waals surface area contributed by atoms with Crippen LogP contribution in [0.3, 0.4) is 0 Å². The van der Waals surface area contributed by atoms with Crippen molar-refractivity contribution in [2.24, 2.45) is 0 Å². The number of aryl methyl sites for hydroxylation is 1. The molecule has 0 fully saturated rings. The summed E-state index contributed by atoms with van der Waals surface area (Å²) >= 11 is 0. The van der Waals surface area contributed by atoms with Crippen LogP contribution in [0.5, 0.6) is 0 Å². The lowest BCUT2D eigenvalue weighted by atomic mass is 10.0. The zero-order valence-electron chi connectivity index (χ0n) is 16.4. The second kappa shape index (κ2) is 7.75. The van der Waals surface area contributed by atoms with Gasteiger partial charge < -0.3 is 5.11 Å². The molecule has 0 amide bonds. The molecule has 156 valence electrons. The number of nitrogens with zero attached hydrogens (tertiary/aromatic N) is 2. The molecule has 1 N–H and O–H groups in total. The highest BCUT2D eigenvalue weighted by atomic mass is 19.4. The molecule has 0 aliphatic heterocycles. The van der Waals surface area contributed by atoms with Gasteiger partial charge in [0.15, 0.2) is 0 Å². The molecule has 1 heterocycles. The Balaban J connectivity index is 2.00. The highest BCUT2D eigenvalue weighted by molar-refractivity contribution is 6.01. The number of alkyl halides is 3. The Kier molecular flexibility index (Phi) is 5.10. The zero-order chi connectivity index (χ0) is 22.2. The van der Waals surface area contributed by atoms with Gasteiger partial charge in [0.05, 0.1) is 16.9 Å². The highest BCUT2D eigenvalue weighted by Gasteiger charge is 2.31. The summed E-state index contributed by atoms with van der Waals surface area (Å²) in [5, 5.41) is 14.6. The van der Waals surface area contributed by atoms with Crippen molar-refractivity contribution in [2.75, 3.05) is 0 Å². The highest BCUT2D eigenvalue weighted by Crippen LogP contribution is 2.36. The maximum atomic E-state index is 13.0. The van der Waals surface area contributed by atoms with Gasteiger partial charge in [-0.3, -0.25) is 0 Å². The third-order valence-corrected chi connectivity index (χ3v) is 4.88. The fourth-order valence-electron chi connectivity index (χ4n) is 3.45. The lowest BCUT2D eigenvalue weighted by molar-refractivity contribution is -0.137. The second-order valence-electron chi connectivity index (χ2n) is 7.07. The molecular weight excluding hydrogens is 405 g/mol. The summed E-state index contributed by atoms with van der Waals surface area (Å²) in [6, 6.07) is 20.7. The third kappa shape index (κ3) is 3.94.